The molecule has 4 heterocycles. The van der Waals surface area contributed by atoms with Crippen LogP contribution in [0, 0.1) is 0 Å². The summed E-state index contributed by atoms with van der Waals surface area (Å²) in [5.41, 5.74) is 3.54. The topological polar surface area (TPSA) is 69.9 Å². The molecule has 11 aromatic rings. The Bertz CT molecular complexity index is 3710. The van der Waals surface area contributed by atoms with Crippen molar-refractivity contribution in [2.45, 2.75) is 0 Å². The largest absolute Gasteiger partial charge is 0.455 e. The van der Waals surface area contributed by atoms with Crippen molar-refractivity contribution in [2.75, 3.05) is 0 Å². The lowest BCUT2D eigenvalue weighted by molar-refractivity contribution is 0.669. The van der Waals surface area contributed by atoms with Crippen molar-refractivity contribution in [1.82, 2.24) is 19.5 Å². The zero-order valence-corrected chi connectivity index (χ0v) is 26.3. The standard InChI is InChI=1S/C45H26N4O2/c1-2-11-27(12-3-1)28-21-23-29(24-22-28)43-46-44(35-17-10-16-32-30-13-5-8-19-38(30)50-41(32)35)48-45(47-43)49-36-18-7-4-15-34(36)40-37(49)26-25-33-31-14-6-9-20-39(31)51-42(33)40/h1-26H/i4D,6D,7D,9D,14D,15D,18D,20D,25D,26D. The van der Waals surface area contributed by atoms with Gasteiger partial charge in [0, 0.05) is 32.5 Å². The van der Waals surface area contributed by atoms with Crippen LogP contribution in [0.5, 0.6) is 0 Å². The van der Waals surface area contributed by atoms with E-state index < -0.39 is 60.4 Å². The van der Waals surface area contributed by atoms with Gasteiger partial charge in [-0.05, 0) is 47.4 Å². The molecule has 11 rings (SSSR count). The number of fused-ring (bicyclic) bond motifs is 10. The number of para-hydroxylation sites is 4. The Morgan fingerprint density at radius 2 is 1.16 bits per heavy atom. The van der Waals surface area contributed by atoms with Crippen molar-refractivity contribution >= 4 is 65.7 Å². The molecule has 0 aliphatic carbocycles. The number of furan rings is 2. The van der Waals surface area contributed by atoms with Gasteiger partial charge < -0.3 is 8.83 Å². The molecule has 0 fully saturated rings. The number of rotatable bonds is 4. The average molecular weight is 665 g/mol. The number of nitrogens with zero attached hydrogens (tertiary/aromatic N) is 4. The van der Waals surface area contributed by atoms with Crippen LogP contribution in [0.2, 0.25) is 0 Å². The second-order valence-corrected chi connectivity index (χ2v) is 12.0. The third-order valence-electron chi connectivity index (χ3n) is 9.19. The molecule has 0 saturated heterocycles. The molecule has 0 aliphatic rings. The minimum atomic E-state index is -0.572. The molecule has 238 valence electrons. The Hall–Kier alpha value is -7.05. The van der Waals surface area contributed by atoms with Gasteiger partial charge in [-0.3, -0.25) is 4.57 Å². The molecular weight excluding hydrogens is 629 g/mol. The van der Waals surface area contributed by atoms with E-state index in [1.807, 2.05) is 91.0 Å². The lowest BCUT2D eigenvalue weighted by atomic mass is 10.0. The van der Waals surface area contributed by atoms with E-state index in [-0.39, 0.29) is 61.3 Å². The molecule has 0 radical (unpaired) electrons. The summed E-state index contributed by atoms with van der Waals surface area (Å²) in [5, 5.41) is 1.37. The van der Waals surface area contributed by atoms with Crippen molar-refractivity contribution in [3.05, 3.63) is 157 Å². The highest BCUT2D eigenvalue weighted by Gasteiger charge is 2.22. The van der Waals surface area contributed by atoms with E-state index in [1.165, 1.54) is 4.57 Å². The Morgan fingerprint density at radius 3 is 2.06 bits per heavy atom. The van der Waals surface area contributed by atoms with E-state index in [0.29, 0.717) is 22.3 Å². The highest BCUT2D eigenvalue weighted by molar-refractivity contribution is 6.23. The molecule has 6 nitrogen and oxygen atoms in total. The maximum absolute atomic E-state index is 9.54. The minimum absolute atomic E-state index is 0.0128. The molecule has 0 aliphatic heterocycles. The van der Waals surface area contributed by atoms with Gasteiger partial charge >= 0.3 is 0 Å². The molecule has 0 amide bonds. The highest BCUT2D eigenvalue weighted by atomic mass is 16.3. The van der Waals surface area contributed by atoms with E-state index in [0.717, 1.165) is 21.9 Å². The summed E-state index contributed by atoms with van der Waals surface area (Å²) in [6, 6.07) is 25.5. The quantitative estimate of drug-likeness (QED) is 0.187. The van der Waals surface area contributed by atoms with Gasteiger partial charge in [-0.25, -0.2) is 4.98 Å². The third kappa shape index (κ3) is 4.20. The van der Waals surface area contributed by atoms with Gasteiger partial charge in [-0.2, -0.15) is 9.97 Å². The van der Waals surface area contributed by atoms with Crippen LogP contribution in [0.15, 0.2) is 166 Å². The van der Waals surface area contributed by atoms with Gasteiger partial charge in [0.1, 0.15) is 22.3 Å². The van der Waals surface area contributed by atoms with Gasteiger partial charge in [0.2, 0.25) is 5.95 Å². The van der Waals surface area contributed by atoms with Crippen LogP contribution in [0.25, 0.3) is 106 Å². The second-order valence-electron chi connectivity index (χ2n) is 12.0. The summed E-state index contributed by atoms with van der Waals surface area (Å²) in [5.74, 6) is 0.200. The van der Waals surface area contributed by atoms with Crippen LogP contribution in [0.1, 0.15) is 13.7 Å². The molecule has 51 heavy (non-hydrogen) atoms. The van der Waals surface area contributed by atoms with E-state index in [4.69, 9.17) is 32.0 Å². The summed E-state index contributed by atoms with van der Waals surface area (Å²) in [6.45, 7) is 0. The van der Waals surface area contributed by atoms with Gasteiger partial charge in [0.25, 0.3) is 0 Å². The summed E-state index contributed by atoms with van der Waals surface area (Å²) in [7, 11) is 0. The SMILES string of the molecule is [2H]c1c([2H])c([2H])c2c(oc3c2c([2H])c([2H])c2c3c3c([2H])c([2H])c([2H])c([2H])c3n2-c2nc(-c3ccc(-c4ccccc4)cc3)nc(-c3cccc4c3oc3ccccc34)n2)c1[2H]. The highest BCUT2D eigenvalue weighted by Crippen LogP contribution is 2.41. The molecule has 7 aromatic carbocycles. The first-order valence-electron chi connectivity index (χ1n) is 21.1. The van der Waals surface area contributed by atoms with Crippen molar-refractivity contribution in [1.29, 1.82) is 0 Å². The first kappa shape index (κ1) is 19.8. The predicted molar refractivity (Wildman–Crippen MR) is 205 cm³/mol. The molecule has 0 atom stereocenters. The molecule has 0 saturated carbocycles. The summed E-state index contributed by atoms with van der Waals surface area (Å²) < 4.78 is 103. The van der Waals surface area contributed by atoms with E-state index in [2.05, 4.69) is 0 Å². The van der Waals surface area contributed by atoms with E-state index >= 15 is 0 Å². The average Bonchev–Trinajstić information content (AvgIpc) is 3.99. The first-order valence-corrected chi connectivity index (χ1v) is 16.1. The zero-order valence-electron chi connectivity index (χ0n) is 36.3. The fourth-order valence-electron chi connectivity index (χ4n) is 6.85. The van der Waals surface area contributed by atoms with Crippen LogP contribution >= 0.6 is 0 Å². The lowest BCUT2D eigenvalue weighted by Gasteiger charge is -2.11. The normalized spacial score (nSPS) is 14.7. The number of hydrogen-bond donors (Lipinski definition) is 0. The summed E-state index contributed by atoms with van der Waals surface area (Å²) >= 11 is 0. The van der Waals surface area contributed by atoms with Crippen LogP contribution in [-0.2, 0) is 0 Å². The maximum Gasteiger partial charge on any atom is 0.238 e. The van der Waals surface area contributed by atoms with E-state index in [1.54, 1.807) is 6.07 Å². The van der Waals surface area contributed by atoms with Gasteiger partial charge in [0.05, 0.1) is 35.7 Å². The summed E-state index contributed by atoms with van der Waals surface area (Å²) in [6.07, 6.45) is 0. The van der Waals surface area contributed by atoms with Crippen LogP contribution in [-0.4, -0.2) is 19.5 Å². The zero-order chi connectivity index (χ0) is 42.2. The number of aromatic nitrogens is 4. The molecule has 0 bridgehead atoms. The Morgan fingerprint density at radius 1 is 0.451 bits per heavy atom. The minimum Gasteiger partial charge on any atom is -0.455 e. The predicted octanol–water partition coefficient (Wildman–Crippen LogP) is 11.8. The molecule has 0 unspecified atom stereocenters. The fourth-order valence-corrected chi connectivity index (χ4v) is 6.85. The van der Waals surface area contributed by atoms with Crippen LogP contribution < -0.4 is 0 Å². The Balaban J connectivity index is 1.29. The van der Waals surface area contributed by atoms with Gasteiger partial charge in [-0.1, -0.05) is 121 Å². The fraction of sp³-hybridized carbons (Fsp3) is 0. The summed E-state index contributed by atoms with van der Waals surface area (Å²) in [4.78, 5) is 14.9. The van der Waals surface area contributed by atoms with Crippen molar-refractivity contribution in [2.24, 2.45) is 0 Å². The third-order valence-corrected chi connectivity index (χ3v) is 9.19. The lowest BCUT2D eigenvalue weighted by Crippen LogP contribution is -2.06. The van der Waals surface area contributed by atoms with Crippen molar-refractivity contribution < 1.29 is 22.5 Å². The van der Waals surface area contributed by atoms with Crippen molar-refractivity contribution in [3.63, 3.8) is 0 Å². The molecule has 6 heteroatoms. The molecular formula is C45H26N4O2. The maximum atomic E-state index is 9.54. The van der Waals surface area contributed by atoms with Gasteiger partial charge in [0.15, 0.2) is 11.6 Å². The number of hydrogen-bond acceptors (Lipinski definition) is 5. The smallest absolute Gasteiger partial charge is 0.238 e. The monoisotopic (exact) mass is 664 g/mol. The Kier molecular flexibility index (Phi) is 4.17. The molecule has 0 N–H and O–H groups in total. The van der Waals surface area contributed by atoms with Crippen LogP contribution in [0.3, 0.4) is 0 Å². The van der Waals surface area contributed by atoms with Gasteiger partial charge in [-0.15, -0.1) is 0 Å². The van der Waals surface area contributed by atoms with E-state index in [9.17, 15) is 5.48 Å². The molecule has 0 spiro atoms. The Labute approximate surface area is 304 Å². The molecule has 4 aromatic heterocycles. The van der Waals surface area contributed by atoms with Crippen LogP contribution in [0.4, 0.5) is 0 Å². The second kappa shape index (κ2) is 10.7. The number of benzene rings is 7. The first-order chi connectivity index (χ1) is 29.4. The van der Waals surface area contributed by atoms with Crippen molar-refractivity contribution in [3.8, 4) is 39.9 Å².